The molecule has 0 aliphatic carbocycles. The molecular weight excluding hydrogens is 490 g/mol. The number of methoxy groups -OCH3 is 1. The molecule has 0 bridgehead atoms. The van der Waals surface area contributed by atoms with Gasteiger partial charge in [-0.3, -0.25) is 4.79 Å². The first-order valence-electron chi connectivity index (χ1n) is 13.8. The van der Waals surface area contributed by atoms with Gasteiger partial charge in [0.25, 0.3) is 5.56 Å². The number of fused-ring (bicyclic) bond motifs is 2. The molecule has 1 aromatic heterocycles. The molecule has 0 unspecified atom stereocenters. The highest BCUT2D eigenvalue weighted by atomic mass is 16.6. The Bertz CT molecular complexity index is 1490. The van der Waals surface area contributed by atoms with E-state index < -0.39 is 0 Å². The van der Waals surface area contributed by atoms with Gasteiger partial charge >= 0.3 is 0 Å². The number of benzene rings is 3. The summed E-state index contributed by atoms with van der Waals surface area (Å²) in [5.74, 6) is 2.43. The lowest BCUT2D eigenvalue weighted by molar-refractivity contribution is 0.171. The number of rotatable bonds is 8. The minimum Gasteiger partial charge on any atom is -0.497 e. The van der Waals surface area contributed by atoms with Gasteiger partial charge < -0.3 is 29.0 Å². The highest BCUT2D eigenvalue weighted by Gasteiger charge is 2.20. The molecule has 2 aliphatic rings. The van der Waals surface area contributed by atoms with E-state index in [0.717, 1.165) is 78.3 Å². The average molecular weight is 526 g/mol. The van der Waals surface area contributed by atoms with Crippen molar-refractivity contribution < 1.29 is 14.2 Å². The molecule has 6 rings (SSSR count). The molecule has 0 amide bonds. The van der Waals surface area contributed by atoms with Crippen LogP contribution in [0.3, 0.4) is 0 Å². The minimum absolute atomic E-state index is 0.0191. The molecule has 0 saturated carbocycles. The molecule has 202 valence electrons. The Balaban J connectivity index is 1.09. The van der Waals surface area contributed by atoms with Crippen LogP contribution in [0.15, 0.2) is 77.6 Å². The standard InChI is InChI=1S/C32H35N3O4/c1-37-26-8-9-27-28(24-5-3-2-4-6-24)21-32(36)35(29(27)20-26)16-15-34-13-11-25(12-14-34)33-22-23-7-10-30-31(19-23)39-18-17-38-30/h2-10,19-21,25,33H,11-18,22H2,1H3. The topological polar surface area (TPSA) is 65.0 Å². The fourth-order valence-corrected chi connectivity index (χ4v) is 5.64. The molecule has 0 atom stereocenters. The number of aromatic nitrogens is 1. The quantitative estimate of drug-likeness (QED) is 0.360. The Morgan fingerprint density at radius 2 is 1.69 bits per heavy atom. The monoisotopic (exact) mass is 525 g/mol. The number of nitrogens with zero attached hydrogens (tertiary/aromatic N) is 2. The predicted molar refractivity (Wildman–Crippen MR) is 154 cm³/mol. The van der Waals surface area contributed by atoms with Crippen LogP contribution in [-0.2, 0) is 13.1 Å². The summed E-state index contributed by atoms with van der Waals surface area (Å²) >= 11 is 0. The normalized spacial score (nSPS) is 15.9. The maximum atomic E-state index is 13.3. The Morgan fingerprint density at radius 1 is 0.897 bits per heavy atom. The lowest BCUT2D eigenvalue weighted by atomic mass is 10.0. The molecule has 1 saturated heterocycles. The van der Waals surface area contributed by atoms with Crippen LogP contribution in [-0.4, -0.2) is 55.5 Å². The lowest BCUT2D eigenvalue weighted by Crippen LogP contribution is -2.43. The second-order valence-electron chi connectivity index (χ2n) is 10.3. The van der Waals surface area contributed by atoms with Gasteiger partial charge in [-0.1, -0.05) is 36.4 Å². The van der Waals surface area contributed by atoms with E-state index in [2.05, 4.69) is 40.5 Å². The van der Waals surface area contributed by atoms with Crippen LogP contribution in [0.25, 0.3) is 22.0 Å². The average Bonchev–Trinajstić information content (AvgIpc) is 3.00. The minimum atomic E-state index is 0.0191. The zero-order valence-corrected chi connectivity index (χ0v) is 22.4. The highest BCUT2D eigenvalue weighted by molar-refractivity contribution is 5.95. The molecular formula is C32H35N3O4. The van der Waals surface area contributed by atoms with E-state index in [0.29, 0.717) is 25.8 Å². The molecule has 3 heterocycles. The molecule has 1 N–H and O–H groups in total. The molecule has 7 heteroatoms. The van der Waals surface area contributed by atoms with Crippen molar-refractivity contribution >= 4 is 10.9 Å². The molecule has 4 aromatic rings. The van der Waals surface area contributed by atoms with Crippen LogP contribution in [0.1, 0.15) is 18.4 Å². The van der Waals surface area contributed by atoms with Crippen molar-refractivity contribution in [3.8, 4) is 28.4 Å². The number of likely N-dealkylation sites (tertiary alicyclic amines) is 1. The summed E-state index contributed by atoms with van der Waals surface area (Å²) in [4.78, 5) is 15.8. The highest BCUT2D eigenvalue weighted by Crippen LogP contribution is 2.31. The number of piperidine rings is 1. The van der Waals surface area contributed by atoms with Gasteiger partial charge in [0.05, 0.1) is 12.6 Å². The zero-order chi connectivity index (χ0) is 26.6. The lowest BCUT2D eigenvalue weighted by Gasteiger charge is -2.32. The van der Waals surface area contributed by atoms with E-state index in [-0.39, 0.29) is 5.56 Å². The molecule has 7 nitrogen and oxygen atoms in total. The number of ether oxygens (including phenoxy) is 3. The van der Waals surface area contributed by atoms with Gasteiger partial charge in [-0.15, -0.1) is 0 Å². The number of hydrogen-bond acceptors (Lipinski definition) is 6. The Kier molecular flexibility index (Phi) is 7.52. The summed E-state index contributed by atoms with van der Waals surface area (Å²) in [6.45, 7) is 5.54. The van der Waals surface area contributed by atoms with Gasteiger partial charge in [-0.25, -0.2) is 0 Å². The number of nitrogens with one attached hydrogen (secondary N) is 1. The summed E-state index contributed by atoms with van der Waals surface area (Å²) in [6, 6.07) is 24.6. The summed E-state index contributed by atoms with van der Waals surface area (Å²) in [6.07, 6.45) is 2.17. The van der Waals surface area contributed by atoms with Gasteiger partial charge in [0, 0.05) is 43.2 Å². The maximum absolute atomic E-state index is 13.3. The van der Waals surface area contributed by atoms with Crippen LogP contribution in [0.2, 0.25) is 0 Å². The molecule has 0 spiro atoms. The molecule has 1 fully saturated rings. The van der Waals surface area contributed by atoms with Crippen molar-refractivity contribution in [1.29, 1.82) is 0 Å². The van der Waals surface area contributed by atoms with Crippen LogP contribution < -0.4 is 25.1 Å². The van der Waals surface area contributed by atoms with Gasteiger partial charge in [0.1, 0.15) is 19.0 Å². The molecule has 2 aliphatic heterocycles. The third-order valence-corrected chi connectivity index (χ3v) is 7.83. The Labute approximate surface area is 228 Å². The Morgan fingerprint density at radius 3 is 2.49 bits per heavy atom. The number of pyridine rings is 1. The Hall–Kier alpha value is -3.81. The van der Waals surface area contributed by atoms with Crippen molar-refractivity contribution in [2.45, 2.75) is 32.0 Å². The van der Waals surface area contributed by atoms with Crippen LogP contribution >= 0.6 is 0 Å². The van der Waals surface area contributed by atoms with Crippen LogP contribution in [0, 0.1) is 0 Å². The summed E-state index contributed by atoms with van der Waals surface area (Å²) < 4.78 is 18.8. The van der Waals surface area contributed by atoms with E-state index >= 15 is 0 Å². The molecule has 39 heavy (non-hydrogen) atoms. The zero-order valence-electron chi connectivity index (χ0n) is 22.4. The number of hydrogen-bond donors (Lipinski definition) is 1. The largest absolute Gasteiger partial charge is 0.497 e. The van der Waals surface area contributed by atoms with Crippen molar-refractivity contribution in [3.05, 3.63) is 88.7 Å². The first-order valence-corrected chi connectivity index (χ1v) is 13.8. The van der Waals surface area contributed by atoms with E-state index in [1.165, 1.54) is 5.56 Å². The van der Waals surface area contributed by atoms with Gasteiger partial charge in [0.2, 0.25) is 0 Å². The first-order chi connectivity index (χ1) is 19.2. The van der Waals surface area contributed by atoms with Crippen molar-refractivity contribution in [1.82, 2.24) is 14.8 Å². The van der Waals surface area contributed by atoms with Crippen LogP contribution in [0.5, 0.6) is 17.2 Å². The second kappa shape index (κ2) is 11.5. The fourth-order valence-electron chi connectivity index (χ4n) is 5.64. The van der Waals surface area contributed by atoms with Gasteiger partial charge in [0.15, 0.2) is 11.5 Å². The third kappa shape index (κ3) is 5.65. The fraction of sp³-hybridized carbons (Fsp3) is 0.344. The van der Waals surface area contributed by atoms with Gasteiger partial charge in [-0.05, 0) is 66.9 Å². The summed E-state index contributed by atoms with van der Waals surface area (Å²) in [5, 5.41) is 4.77. The molecule has 3 aromatic carbocycles. The van der Waals surface area contributed by atoms with E-state index in [1.54, 1.807) is 13.2 Å². The third-order valence-electron chi connectivity index (χ3n) is 7.83. The molecule has 0 radical (unpaired) electrons. The maximum Gasteiger partial charge on any atom is 0.251 e. The van der Waals surface area contributed by atoms with Crippen molar-refractivity contribution in [2.75, 3.05) is 40.0 Å². The first kappa shape index (κ1) is 25.5. The van der Waals surface area contributed by atoms with Gasteiger partial charge in [-0.2, -0.15) is 0 Å². The smallest absolute Gasteiger partial charge is 0.251 e. The van der Waals surface area contributed by atoms with Crippen molar-refractivity contribution in [2.24, 2.45) is 0 Å². The second-order valence-corrected chi connectivity index (χ2v) is 10.3. The predicted octanol–water partition coefficient (Wildman–Crippen LogP) is 4.70. The van der Waals surface area contributed by atoms with E-state index in [9.17, 15) is 4.79 Å². The van der Waals surface area contributed by atoms with E-state index in [1.807, 2.05) is 41.0 Å². The van der Waals surface area contributed by atoms with Crippen LogP contribution in [0.4, 0.5) is 0 Å². The van der Waals surface area contributed by atoms with E-state index in [4.69, 9.17) is 14.2 Å². The summed E-state index contributed by atoms with van der Waals surface area (Å²) in [5.41, 5.74) is 4.15. The van der Waals surface area contributed by atoms with Crippen molar-refractivity contribution in [3.63, 3.8) is 0 Å². The SMILES string of the molecule is COc1ccc2c(-c3ccccc3)cc(=O)n(CCN3CCC(NCc4ccc5c(c4)OCCO5)CC3)c2c1. The summed E-state index contributed by atoms with van der Waals surface area (Å²) in [7, 11) is 1.66.